The number of nitrogens with one attached hydrogen (secondary N) is 1. The second kappa shape index (κ2) is 4.82. The summed E-state index contributed by atoms with van der Waals surface area (Å²) in [6.07, 6.45) is 1.01. The minimum atomic E-state index is -0.887. The fourth-order valence-electron chi connectivity index (χ4n) is 1.91. The molecule has 0 spiro atoms. The summed E-state index contributed by atoms with van der Waals surface area (Å²) in [7, 11) is 1.68. The minimum Gasteiger partial charge on any atom is -0.389 e. The van der Waals surface area contributed by atoms with Gasteiger partial charge in [-0.25, -0.2) is 0 Å². The highest BCUT2D eigenvalue weighted by molar-refractivity contribution is 5.83. The molecule has 0 aliphatic carbocycles. The predicted octanol–water partition coefficient (Wildman–Crippen LogP) is -0.258. The first-order chi connectivity index (χ1) is 7.29. The molecule has 1 unspecified atom stereocenters. The number of nitrogens with zero attached hydrogens (tertiary/aromatic N) is 1. The van der Waals surface area contributed by atoms with Gasteiger partial charge >= 0.3 is 0 Å². The fraction of sp³-hybridized carbons (Fsp3) is 0.818. The van der Waals surface area contributed by atoms with Gasteiger partial charge in [0, 0.05) is 26.6 Å². The third kappa shape index (κ3) is 3.81. The first kappa shape index (κ1) is 13.0. The number of rotatable bonds is 3. The SMILES string of the molecule is CN(CC(C)(C)O)C(=O)C1CCC(=O)NC1. The Labute approximate surface area is 95.8 Å². The van der Waals surface area contributed by atoms with Crippen molar-refractivity contribution >= 4 is 11.8 Å². The third-order valence-corrected chi connectivity index (χ3v) is 2.62. The van der Waals surface area contributed by atoms with Crippen molar-refractivity contribution < 1.29 is 14.7 Å². The van der Waals surface area contributed by atoms with Crippen LogP contribution >= 0.6 is 0 Å². The Hall–Kier alpha value is -1.10. The standard InChI is InChI=1S/C11H20N2O3/c1-11(2,16)7-13(3)10(15)8-4-5-9(14)12-6-8/h8,16H,4-7H2,1-3H3,(H,12,14). The van der Waals surface area contributed by atoms with Crippen LogP contribution in [0.25, 0.3) is 0 Å². The zero-order valence-electron chi connectivity index (χ0n) is 10.1. The summed E-state index contributed by atoms with van der Waals surface area (Å²) in [5, 5.41) is 12.3. The van der Waals surface area contributed by atoms with Crippen LogP contribution in [0.4, 0.5) is 0 Å². The molecule has 5 nitrogen and oxygen atoms in total. The maximum atomic E-state index is 11.9. The van der Waals surface area contributed by atoms with E-state index in [4.69, 9.17) is 0 Å². The van der Waals surface area contributed by atoms with Crippen molar-refractivity contribution in [2.75, 3.05) is 20.1 Å². The maximum absolute atomic E-state index is 11.9. The summed E-state index contributed by atoms with van der Waals surface area (Å²) in [6.45, 7) is 4.04. The van der Waals surface area contributed by atoms with E-state index in [1.165, 1.54) is 4.90 Å². The van der Waals surface area contributed by atoms with Crippen LogP contribution in [0.2, 0.25) is 0 Å². The van der Waals surface area contributed by atoms with E-state index in [-0.39, 0.29) is 17.7 Å². The van der Waals surface area contributed by atoms with E-state index in [0.717, 1.165) is 0 Å². The summed E-state index contributed by atoms with van der Waals surface area (Å²) in [5.41, 5.74) is -0.887. The van der Waals surface area contributed by atoms with Crippen LogP contribution in [0.15, 0.2) is 0 Å². The molecule has 1 rings (SSSR count). The second-order valence-corrected chi connectivity index (χ2v) is 5.05. The molecule has 0 saturated carbocycles. The van der Waals surface area contributed by atoms with Crippen LogP contribution in [0.5, 0.6) is 0 Å². The number of amides is 2. The molecule has 5 heteroatoms. The number of aliphatic hydroxyl groups is 1. The molecule has 1 aliphatic heterocycles. The Morgan fingerprint density at radius 1 is 1.62 bits per heavy atom. The number of carbonyl (C=O) groups is 2. The molecule has 0 radical (unpaired) electrons. The van der Waals surface area contributed by atoms with E-state index >= 15 is 0 Å². The van der Waals surface area contributed by atoms with E-state index in [0.29, 0.717) is 25.9 Å². The number of likely N-dealkylation sites (N-methyl/N-ethyl adjacent to an activating group) is 1. The van der Waals surface area contributed by atoms with Crippen molar-refractivity contribution in [1.29, 1.82) is 0 Å². The summed E-state index contributed by atoms with van der Waals surface area (Å²) < 4.78 is 0. The highest BCUT2D eigenvalue weighted by Gasteiger charge is 2.28. The molecule has 2 amide bonds. The van der Waals surface area contributed by atoms with Crippen molar-refractivity contribution in [3.8, 4) is 0 Å². The van der Waals surface area contributed by atoms with Crippen LogP contribution in [0.1, 0.15) is 26.7 Å². The smallest absolute Gasteiger partial charge is 0.227 e. The van der Waals surface area contributed by atoms with Gasteiger partial charge in [-0.2, -0.15) is 0 Å². The van der Waals surface area contributed by atoms with Gasteiger partial charge in [-0.1, -0.05) is 0 Å². The monoisotopic (exact) mass is 228 g/mol. The van der Waals surface area contributed by atoms with Crippen LogP contribution in [0, 0.1) is 5.92 Å². The molecular weight excluding hydrogens is 208 g/mol. The second-order valence-electron chi connectivity index (χ2n) is 5.05. The lowest BCUT2D eigenvalue weighted by atomic mass is 9.97. The Morgan fingerprint density at radius 2 is 2.25 bits per heavy atom. The van der Waals surface area contributed by atoms with Gasteiger partial charge in [0.25, 0.3) is 0 Å². The van der Waals surface area contributed by atoms with Crippen molar-refractivity contribution in [1.82, 2.24) is 10.2 Å². The highest BCUT2D eigenvalue weighted by Crippen LogP contribution is 2.15. The molecule has 0 aromatic heterocycles. The summed E-state index contributed by atoms with van der Waals surface area (Å²) >= 11 is 0. The van der Waals surface area contributed by atoms with Crippen molar-refractivity contribution in [2.45, 2.75) is 32.3 Å². The molecule has 92 valence electrons. The lowest BCUT2D eigenvalue weighted by Gasteiger charge is -2.30. The van der Waals surface area contributed by atoms with Crippen molar-refractivity contribution in [2.24, 2.45) is 5.92 Å². The Bertz CT molecular complexity index is 273. The van der Waals surface area contributed by atoms with Crippen LogP contribution in [-0.4, -0.2) is 47.6 Å². The Kier molecular flexibility index (Phi) is 3.91. The molecule has 0 bridgehead atoms. The normalized spacial score (nSPS) is 21.5. The number of hydrogen-bond acceptors (Lipinski definition) is 3. The maximum Gasteiger partial charge on any atom is 0.227 e. The van der Waals surface area contributed by atoms with Gasteiger partial charge in [-0.05, 0) is 20.3 Å². The van der Waals surface area contributed by atoms with E-state index < -0.39 is 5.60 Å². The van der Waals surface area contributed by atoms with Crippen molar-refractivity contribution in [3.05, 3.63) is 0 Å². The quantitative estimate of drug-likeness (QED) is 0.699. The number of piperidine rings is 1. The molecule has 1 heterocycles. The average molecular weight is 228 g/mol. The van der Waals surface area contributed by atoms with Gasteiger partial charge in [-0.15, -0.1) is 0 Å². The Balaban J connectivity index is 2.48. The van der Waals surface area contributed by atoms with Gasteiger partial charge in [-0.3, -0.25) is 9.59 Å². The van der Waals surface area contributed by atoms with Gasteiger partial charge in [0.1, 0.15) is 0 Å². The zero-order valence-corrected chi connectivity index (χ0v) is 10.1. The fourth-order valence-corrected chi connectivity index (χ4v) is 1.91. The van der Waals surface area contributed by atoms with Gasteiger partial charge in [0.05, 0.1) is 11.5 Å². The molecule has 1 atom stereocenters. The molecule has 1 aliphatic rings. The summed E-state index contributed by atoms with van der Waals surface area (Å²) in [6, 6.07) is 0. The number of carbonyl (C=O) groups excluding carboxylic acids is 2. The predicted molar refractivity (Wildman–Crippen MR) is 59.7 cm³/mol. The van der Waals surface area contributed by atoms with E-state index in [9.17, 15) is 14.7 Å². The number of hydrogen-bond donors (Lipinski definition) is 2. The van der Waals surface area contributed by atoms with E-state index in [1.54, 1.807) is 20.9 Å². The van der Waals surface area contributed by atoms with Gasteiger partial charge in [0.2, 0.25) is 11.8 Å². The molecular formula is C11H20N2O3. The van der Waals surface area contributed by atoms with Gasteiger partial charge < -0.3 is 15.3 Å². The van der Waals surface area contributed by atoms with E-state index in [1.807, 2.05) is 0 Å². The lowest BCUT2D eigenvalue weighted by molar-refractivity contribution is -0.138. The van der Waals surface area contributed by atoms with Crippen LogP contribution in [-0.2, 0) is 9.59 Å². The topological polar surface area (TPSA) is 69.6 Å². The molecule has 1 fully saturated rings. The Morgan fingerprint density at radius 3 is 2.69 bits per heavy atom. The lowest BCUT2D eigenvalue weighted by Crippen LogP contribution is -2.47. The van der Waals surface area contributed by atoms with Crippen molar-refractivity contribution in [3.63, 3.8) is 0 Å². The molecule has 16 heavy (non-hydrogen) atoms. The summed E-state index contributed by atoms with van der Waals surface area (Å²) in [4.78, 5) is 24.4. The van der Waals surface area contributed by atoms with Crippen LogP contribution < -0.4 is 5.32 Å². The third-order valence-electron chi connectivity index (χ3n) is 2.62. The molecule has 2 N–H and O–H groups in total. The molecule has 0 aromatic carbocycles. The van der Waals surface area contributed by atoms with Crippen LogP contribution in [0.3, 0.4) is 0 Å². The summed E-state index contributed by atoms with van der Waals surface area (Å²) in [5.74, 6) is -0.152. The highest BCUT2D eigenvalue weighted by atomic mass is 16.3. The first-order valence-electron chi connectivity index (χ1n) is 5.53. The first-order valence-corrected chi connectivity index (χ1v) is 5.53. The zero-order chi connectivity index (χ0) is 12.3. The molecule has 0 aromatic rings. The average Bonchev–Trinajstić information content (AvgIpc) is 2.15. The largest absolute Gasteiger partial charge is 0.389 e. The van der Waals surface area contributed by atoms with E-state index in [2.05, 4.69) is 5.32 Å². The van der Waals surface area contributed by atoms with Gasteiger partial charge in [0.15, 0.2) is 0 Å². The minimum absolute atomic E-state index is 0.00851. The molecule has 1 saturated heterocycles.